The molecule has 3 heteroatoms. The van der Waals surface area contributed by atoms with E-state index in [1.54, 1.807) is 0 Å². The highest BCUT2D eigenvalue weighted by Gasteiger charge is 2.30. The van der Waals surface area contributed by atoms with Crippen molar-refractivity contribution in [3.05, 3.63) is 28.7 Å². The van der Waals surface area contributed by atoms with Crippen LogP contribution in [0.15, 0.2) is 28.7 Å². The van der Waals surface area contributed by atoms with E-state index in [4.69, 9.17) is 9.47 Å². The molecule has 0 unspecified atom stereocenters. The summed E-state index contributed by atoms with van der Waals surface area (Å²) in [5.74, 6) is 0.886. The molecule has 0 bridgehead atoms. The molecular formula is C10H11BrO2. The molecule has 1 aliphatic heterocycles. The smallest absolute Gasteiger partial charge is 0.124 e. The van der Waals surface area contributed by atoms with Gasteiger partial charge in [0.15, 0.2) is 0 Å². The summed E-state index contributed by atoms with van der Waals surface area (Å²) in [5, 5.41) is 0. The molecule has 0 saturated carbocycles. The van der Waals surface area contributed by atoms with Crippen LogP contribution < -0.4 is 4.74 Å². The predicted octanol–water partition coefficient (Wildman–Crippen LogP) is 2.62. The standard InChI is InChI=1S/C10H11BrO2/c1-7(10-6-12-10)13-9-4-2-3-8(11)5-9/h2-5,7,10H,6H2,1H3/t7-,10-/m1/s1. The lowest BCUT2D eigenvalue weighted by molar-refractivity contribution is 0.176. The average Bonchev–Trinajstić information content (AvgIpc) is 2.85. The second-order valence-electron chi connectivity index (χ2n) is 3.15. The normalized spacial score (nSPS) is 22.5. The third-order valence-electron chi connectivity index (χ3n) is 2.00. The van der Waals surface area contributed by atoms with Crippen LogP contribution in [0.25, 0.3) is 0 Å². The SMILES string of the molecule is C[C@@H](Oc1cccc(Br)c1)[C@H]1CO1. The predicted molar refractivity (Wildman–Crippen MR) is 54.0 cm³/mol. The van der Waals surface area contributed by atoms with Crippen LogP contribution in [0.5, 0.6) is 5.75 Å². The lowest BCUT2D eigenvalue weighted by Crippen LogP contribution is -2.18. The monoisotopic (exact) mass is 242 g/mol. The highest BCUT2D eigenvalue weighted by Crippen LogP contribution is 2.22. The number of hydrogen-bond donors (Lipinski definition) is 0. The van der Waals surface area contributed by atoms with E-state index in [1.807, 2.05) is 31.2 Å². The van der Waals surface area contributed by atoms with E-state index < -0.39 is 0 Å². The van der Waals surface area contributed by atoms with Crippen LogP contribution in [0.4, 0.5) is 0 Å². The van der Waals surface area contributed by atoms with Crippen LogP contribution >= 0.6 is 15.9 Å². The molecule has 2 nitrogen and oxygen atoms in total. The molecular weight excluding hydrogens is 232 g/mol. The molecule has 0 aliphatic carbocycles. The molecule has 1 heterocycles. The summed E-state index contributed by atoms with van der Waals surface area (Å²) in [5.41, 5.74) is 0. The van der Waals surface area contributed by atoms with Crippen molar-refractivity contribution in [2.24, 2.45) is 0 Å². The van der Waals surface area contributed by atoms with Gasteiger partial charge in [-0.2, -0.15) is 0 Å². The molecule has 0 N–H and O–H groups in total. The largest absolute Gasteiger partial charge is 0.488 e. The van der Waals surface area contributed by atoms with Gasteiger partial charge in [-0.25, -0.2) is 0 Å². The second-order valence-corrected chi connectivity index (χ2v) is 4.07. The van der Waals surface area contributed by atoms with Gasteiger partial charge in [0.1, 0.15) is 18.0 Å². The number of hydrogen-bond acceptors (Lipinski definition) is 2. The molecule has 1 aromatic carbocycles. The first-order valence-electron chi connectivity index (χ1n) is 4.29. The minimum atomic E-state index is 0.147. The van der Waals surface area contributed by atoms with Gasteiger partial charge >= 0.3 is 0 Å². The quantitative estimate of drug-likeness (QED) is 0.761. The summed E-state index contributed by atoms with van der Waals surface area (Å²) in [6.45, 7) is 2.85. The van der Waals surface area contributed by atoms with Gasteiger partial charge in [-0.1, -0.05) is 22.0 Å². The van der Waals surface area contributed by atoms with Gasteiger partial charge in [0.2, 0.25) is 0 Å². The Bertz CT molecular complexity index is 297. The molecule has 1 aliphatic rings. The number of benzene rings is 1. The van der Waals surface area contributed by atoms with E-state index in [1.165, 1.54) is 0 Å². The van der Waals surface area contributed by atoms with Crippen molar-refractivity contribution in [3.8, 4) is 5.75 Å². The Balaban J connectivity index is 2.00. The van der Waals surface area contributed by atoms with Crippen molar-refractivity contribution in [3.63, 3.8) is 0 Å². The van der Waals surface area contributed by atoms with Gasteiger partial charge < -0.3 is 9.47 Å². The molecule has 0 aromatic heterocycles. The lowest BCUT2D eigenvalue weighted by Gasteiger charge is -2.11. The van der Waals surface area contributed by atoms with Crippen LogP contribution in [0.3, 0.4) is 0 Å². The number of ether oxygens (including phenoxy) is 2. The zero-order valence-electron chi connectivity index (χ0n) is 7.37. The first-order valence-corrected chi connectivity index (χ1v) is 5.09. The van der Waals surface area contributed by atoms with Gasteiger partial charge in [-0.15, -0.1) is 0 Å². The molecule has 0 spiro atoms. The second kappa shape index (κ2) is 3.68. The summed E-state index contributed by atoms with van der Waals surface area (Å²) in [7, 11) is 0. The molecule has 2 atom stereocenters. The van der Waals surface area contributed by atoms with Crippen molar-refractivity contribution in [1.82, 2.24) is 0 Å². The van der Waals surface area contributed by atoms with E-state index in [-0.39, 0.29) is 6.10 Å². The molecule has 2 rings (SSSR count). The summed E-state index contributed by atoms with van der Waals surface area (Å²) >= 11 is 3.39. The first-order chi connectivity index (χ1) is 6.25. The van der Waals surface area contributed by atoms with Gasteiger partial charge in [0.25, 0.3) is 0 Å². The maximum Gasteiger partial charge on any atom is 0.124 e. The van der Waals surface area contributed by atoms with Crippen LogP contribution in [0.1, 0.15) is 6.92 Å². The Labute approximate surface area is 86.0 Å². The maximum atomic E-state index is 5.66. The molecule has 1 saturated heterocycles. The third-order valence-corrected chi connectivity index (χ3v) is 2.49. The van der Waals surface area contributed by atoms with Crippen LogP contribution in [-0.2, 0) is 4.74 Å². The van der Waals surface area contributed by atoms with Crippen LogP contribution in [0.2, 0.25) is 0 Å². The van der Waals surface area contributed by atoms with Crippen molar-refractivity contribution < 1.29 is 9.47 Å². The van der Waals surface area contributed by atoms with Crippen molar-refractivity contribution in [2.75, 3.05) is 6.61 Å². The number of epoxide rings is 1. The van der Waals surface area contributed by atoms with E-state index >= 15 is 0 Å². The van der Waals surface area contributed by atoms with E-state index in [2.05, 4.69) is 15.9 Å². The van der Waals surface area contributed by atoms with E-state index in [0.29, 0.717) is 6.10 Å². The molecule has 0 amide bonds. The summed E-state index contributed by atoms with van der Waals surface area (Å²) in [6.07, 6.45) is 0.438. The van der Waals surface area contributed by atoms with Gasteiger partial charge in [-0.3, -0.25) is 0 Å². The first kappa shape index (κ1) is 9.03. The van der Waals surface area contributed by atoms with Gasteiger partial charge in [0, 0.05) is 4.47 Å². The van der Waals surface area contributed by atoms with Crippen molar-refractivity contribution in [2.45, 2.75) is 19.1 Å². The topological polar surface area (TPSA) is 21.8 Å². The average molecular weight is 243 g/mol. The fourth-order valence-corrected chi connectivity index (χ4v) is 1.54. The summed E-state index contributed by atoms with van der Waals surface area (Å²) in [6, 6.07) is 7.84. The van der Waals surface area contributed by atoms with Gasteiger partial charge in [0.05, 0.1) is 6.61 Å². The Kier molecular flexibility index (Phi) is 2.56. The Morgan fingerprint density at radius 1 is 1.62 bits per heavy atom. The lowest BCUT2D eigenvalue weighted by atomic mass is 10.3. The van der Waals surface area contributed by atoms with Crippen LogP contribution in [0, 0.1) is 0 Å². The maximum absolute atomic E-state index is 5.66. The molecule has 13 heavy (non-hydrogen) atoms. The molecule has 1 fully saturated rings. The minimum Gasteiger partial charge on any atom is -0.488 e. The van der Waals surface area contributed by atoms with Crippen molar-refractivity contribution >= 4 is 15.9 Å². The molecule has 1 aromatic rings. The molecule has 70 valence electrons. The summed E-state index contributed by atoms with van der Waals surface area (Å²) < 4.78 is 11.8. The fraction of sp³-hybridized carbons (Fsp3) is 0.400. The Hall–Kier alpha value is -0.540. The minimum absolute atomic E-state index is 0.147. The highest BCUT2D eigenvalue weighted by molar-refractivity contribution is 9.10. The van der Waals surface area contributed by atoms with Crippen LogP contribution in [-0.4, -0.2) is 18.8 Å². The molecule has 0 radical (unpaired) electrons. The fourth-order valence-electron chi connectivity index (χ4n) is 1.16. The summed E-state index contributed by atoms with van der Waals surface area (Å²) in [4.78, 5) is 0. The Morgan fingerprint density at radius 2 is 2.38 bits per heavy atom. The van der Waals surface area contributed by atoms with Crippen molar-refractivity contribution in [1.29, 1.82) is 0 Å². The third kappa shape index (κ3) is 2.45. The number of rotatable bonds is 3. The highest BCUT2D eigenvalue weighted by atomic mass is 79.9. The van der Waals surface area contributed by atoms with E-state index in [0.717, 1.165) is 16.8 Å². The van der Waals surface area contributed by atoms with E-state index in [9.17, 15) is 0 Å². The van der Waals surface area contributed by atoms with Gasteiger partial charge in [-0.05, 0) is 25.1 Å². The zero-order valence-corrected chi connectivity index (χ0v) is 8.95. The zero-order chi connectivity index (χ0) is 9.26. The number of halogens is 1. The Morgan fingerprint density at radius 3 is 3.00 bits per heavy atom.